The number of thioether (sulfide) groups is 1. The molecule has 2 rings (SSSR count). The number of methoxy groups -OCH3 is 1. The number of benzene rings is 2. The van der Waals surface area contributed by atoms with Gasteiger partial charge in [0, 0.05) is 18.8 Å². The molecule has 0 heterocycles. The molecule has 0 saturated heterocycles. The molecule has 0 aliphatic carbocycles. The van der Waals surface area contributed by atoms with Crippen LogP contribution in [-0.2, 0) is 21.9 Å². The normalized spacial score (nSPS) is 11.6. The largest absolute Gasteiger partial charge is 0.497 e. The van der Waals surface area contributed by atoms with E-state index in [1.54, 1.807) is 30.7 Å². The number of hydrogen-bond acceptors (Lipinski definition) is 4. The topological polar surface area (TPSA) is 58.6 Å². The first-order chi connectivity index (χ1) is 14.3. The van der Waals surface area contributed by atoms with Gasteiger partial charge in [0.15, 0.2) is 0 Å². The third-order valence-corrected chi connectivity index (χ3v) is 5.79. The van der Waals surface area contributed by atoms with Crippen molar-refractivity contribution < 1.29 is 14.3 Å². The second kappa shape index (κ2) is 11.6. The van der Waals surface area contributed by atoms with Gasteiger partial charge in [0.25, 0.3) is 0 Å². The Kier molecular flexibility index (Phi) is 9.24. The van der Waals surface area contributed by atoms with Crippen LogP contribution in [0.15, 0.2) is 42.5 Å². The van der Waals surface area contributed by atoms with Gasteiger partial charge in [-0.25, -0.2) is 0 Å². The molecule has 1 N–H and O–H groups in total. The Labute approximate surface area is 184 Å². The average Bonchev–Trinajstić information content (AvgIpc) is 2.71. The molecule has 2 amide bonds. The minimum Gasteiger partial charge on any atom is -0.497 e. The van der Waals surface area contributed by atoms with Crippen LogP contribution in [0.25, 0.3) is 0 Å². The number of nitrogens with one attached hydrogen (secondary N) is 1. The molecule has 0 aromatic heterocycles. The number of rotatable bonds is 10. The van der Waals surface area contributed by atoms with Crippen LogP contribution in [0.4, 0.5) is 0 Å². The van der Waals surface area contributed by atoms with E-state index in [1.807, 2.05) is 31.2 Å². The summed E-state index contributed by atoms with van der Waals surface area (Å²) in [5, 5.41) is 2.82. The van der Waals surface area contributed by atoms with E-state index in [-0.39, 0.29) is 11.8 Å². The number of carbonyl (C=O) groups excluding carboxylic acids is 2. The van der Waals surface area contributed by atoms with E-state index < -0.39 is 6.04 Å². The number of aryl methyl sites for hydroxylation is 2. The zero-order valence-corrected chi connectivity index (χ0v) is 19.3. The van der Waals surface area contributed by atoms with E-state index in [1.165, 1.54) is 16.7 Å². The number of likely N-dealkylation sites (N-methyl/N-ethyl adjacent to an activating group) is 1. The summed E-state index contributed by atoms with van der Waals surface area (Å²) >= 11 is 1.58. The van der Waals surface area contributed by atoms with Crippen LogP contribution >= 0.6 is 11.8 Å². The predicted molar refractivity (Wildman–Crippen MR) is 124 cm³/mol. The Morgan fingerprint density at radius 2 is 1.70 bits per heavy atom. The zero-order valence-electron chi connectivity index (χ0n) is 18.5. The quantitative estimate of drug-likeness (QED) is 0.619. The van der Waals surface area contributed by atoms with Crippen LogP contribution in [0.3, 0.4) is 0 Å². The standard InChI is InChI=1S/C24H32N2O3S/c1-6-25-24(28)19(4)26(14-20-7-9-22(29-5)10-8-20)23(27)16-30-15-21-12-17(2)11-18(3)13-21/h7-13,19H,6,14-16H2,1-5H3,(H,25,28)/t19-/m0/s1. The van der Waals surface area contributed by atoms with Crippen molar-refractivity contribution in [2.24, 2.45) is 0 Å². The zero-order chi connectivity index (χ0) is 22.1. The molecule has 5 nitrogen and oxygen atoms in total. The molecule has 0 aliphatic rings. The van der Waals surface area contributed by atoms with Crippen molar-refractivity contribution in [2.45, 2.75) is 46.0 Å². The van der Waals surface area contributed by atoms with E-state index in [2.05, 4.69) is 37.4 Å². The summed E-state index contributed by atoms with van der Waals surface area (Å²) in [6, 6.07) is 13.5. The van der Waals surface area contributed by atoms with Gasteiger partial charge in [-0.2, -0.15) is 0 Å². The van der Waals surface area contributed by atoms with Gasteiger partial charge in [-0.3, -0.25) is 9.59 Å². The fourth-order valence-electron chi connectivity index (χ4n) is 3.32. The van der Waals surface area contributed by atoms with Gasteiger partial charge in [0.1, 0.15) is 11.8 Å². The Balaban J connectivity index is 2.07. The highest BCUT2D eigenvalue weighted by atomic mass is 32.2. The first-order valence-electron chi connectivity index (χ1n) is 10.2. The lowest BCUT2D eigenvalue weighted by Crippen LogP contribution is -2.48. The molecule has 0 radical (unpaired) electrons. The maximum absolute atomic E-state index is 13.0. The smallest absolute Gasteiger partial charge is 0.242 e. The summed E-state index contributed by atoms with van der Waals surface area (Å²) in [5.41, 5.74) is 4.62. The summed E-state index contributed by atoms with van der Waals surface area (Å²) in [7, 11) is 1.62. The van der Waals surface area contributed by atoms with Crippen LogP contribution < -0.4 is 10.1 Å². The molecule has 0 aliphatic heterocycles. The minimum absolute atomic E-state index is 0.0426. The Hall–Kier alpha value is -2.47. The van der Waals surface area contributed by atoms with Crippen LogP contribution in [0.2, 0.25) is 0 Å². The third kappa shape index (κ3) is 7.10. The van der Waals surface area contributed by atoms with Crippen LogP contribution in [-0.4, -0.2) is 42.2 Å². The molecule has 0 unspecified atom stereocenters. The Morgan fingerprint density at radius 1 is 1.07 bits per heavy atom. The molecule has 2 aromatic rings. The van der Waals surface area contributed by atoms with Crippen LogP contribution in [0.5, 0.6) is 5.75 Å². The van der Waals surface area contributed by atoms with E-state index in [0.717, 1.165) is 17.1 Å². The van der Waals surface area contributed by atoms with Crippen molar-refractivity contribution >= 4 is 23.6 Å². The number of hydrogen-bond donors (Lipinski definition) is 1. The summed E-state index contributed by atoms with van der Waals surface area (Å²) in [6.07, 6.45) is 0. The molecular formula is C24H32N2O3S. The second-order valence-corrected chi connectivity index (χ2v) is 8.41. The van der Waals surface area contributed by atoms with Crippen molar-refractivity contribution in [3.8, 4) is 5.75 Å². The van der Waals surface area contributed by atoms with Gasteiger partial charge >= 0.3 is 0 Å². The molecule has 162 valence electrons. The molecule has 0 saturated carbocycles. The average molecular weight is 429 g/mol. The lowest BCUT2D eigenvalue weighted by Gasteiger charge is -2.28. The number of ether oxygens (including phenoxy) is 1. The van der Waals surface area contributed by atoms with Crippen molar-refractivity contribution in [1.82, 2.24) is 10.2 Å². The number of nitrogens with zero attached hydrogens (tertiary/aromatic N) is 1. The maximum Gasteiger partial charge on any atom is 0.242 e. The first-order valence-corrected chi connectivity index (χ1v) is 11.3. The summed E-state index contributed by atoms with van der Waals surface area (Å²) in [6.45, 7) is 8.73. The maximum atomic E-state index is 13.0. The summed E-state index contributed by atoms with van der Waals surface area (Å²) < 4.78 is 5.20. The van der Waals surface area contributed by atoms with Gasteiger partial charge in [-0.1, -0.05) is 41.5 Å². The van der Waals surface area contributed by atoms with E-state index >= 15 is 0 Å². The van der Waals surface area contributed by atoms with Crippen molar-refractivity contribution in [3.63, 3.8) is 0 Å². The molecule has 0 bridgehead atoms. The lowest BCUT2D eigenvalue weighted by molar-refractivity contribution is -0.138. The second-order valence-electron chi connectivity index (χ2n) is 7.43. The van der Waals surface area contributed by atoms with Crippen LogP contribution in [0.1, 0.15) is 36.1 Å². The van der Waals surface area contributed by atoms with Gasteiger partial charge in [0.2, 0.25) is 11.8 Å². The van der Waals surface area contributed by atoms with E-state index in [0.29, 0.717) is 18.8 Å². The van der Waals surface area contributed by atoms with Crippen molar-refractivity contribution in [2.75, 3.05) is 19.4 Å². The first kappa shape index (κ1) is 23.8. The molecule has 6 heteroatoms. The highest BCUT2D eigenvalue weighted by Gasteiger charge is 2.25. The molecule has 30 heavy (non-hydrogen) atoms. The van der Waals surface area contributed by atoms with Gasteiger partial charge in [-0.05, 0) is 51.0 Å². The Morgan fingerprint density at radius 3 is 2.27 bits per heavy atom. The lowest BCUT2D eigenvalue weighted by atomic mass is 10.1. The molecule has 1 atom stereocenters. The number of carbonyl (C=O) groups is 2. The third-order valence-electron chi connectivity index (χ3n) is 4.81. The molecule has 2 aromatic carbocycles. The van der Waals surface area contributed by atoms with E-state index in [9.17, 15) is 9.59 Å². The summed E-state index contributed by atoms with van der Waals surface area (Å²) in [5.74, 6) is 1.67. The van der Waals surface area contributed by atoms with Crippen molar-refractivity contribution in [1.29, 1.82) is 0 Å². The summed E-state index contributed by atoms with van der Waals surface area (Å²) in [4.78, 5) is 27.1. The van der Waals surface area contributed by atoms with E-state index in [4.69, 9.17) is 4.74 Å². The predicted octanol–water partition coefficient (Wildman–Crippen LogP) is 4.10. The molecule has 0 fully saturated rings. The fourth-order valence-corrected chi connectivity index (χ4v) is 4.17. The fraction of sp³-hybridized carbons (Fsp3) is 0.417. The molecule has 0 spiro atoms. The van der Waals surface area contributed by atoms with Gasteiger partial charge < -0.3 is 15.0 Å². The highest BCUT2D eigenvalue weighted by Crippen LogP contribution is 2.19. The van der Waals surface area contributed by atoms with Crippen LogP contribution in [0, 0.1) is 13.8 Å². The van der Waals surface area contributed by atoms with Crippen molar-refractivity contribution in [3.05, 3.63) is 64.7 Å². The van der Waals surface area contributed by atoms with Gasteiger partial charge in [0.05, 0.1) is 12.9 Å². The monoisotopic (exact) mass is 428 g/mol. The number of amides is 2. The highest BCUT2D eigenvalue weighted by molar-refractivity contribution is 7.99. The van der Waals surface area contributed by atoms with Gasteiger partial charge in [-0.15, -0.1) is 11.8 Å². The minimum atomic E-state index is -0.540. The SMILES string of the molecule is CCNC(=O)[C@H](C)N(Cc1ccc(OC)cc1)C(=O)CSCc1cc(C)cc(C)c1. The Bertz CT molecular complexity index is 832. The molecular weight excluding hydrogens is 396 g/mol.